The first-order valence-electron chi connectivity index (χ1n) is 11.5. The fraction of sp³-hybridized carbons (Fsp3) is 0.400. The molecule has 0 amide bonds. The van der Waals surface area contributed by atoms with Crippen molar-refractivity contribution in [2.75, 3.05) is 12.8 Å². The van der Waals surface area contributed by atoms with Gasteiger partial charge in [-0.05, 0) is 50.5 Å². The van der Waals surface area contributed by atoms with Crippen molar-refractivity contribution in [3.8, 4) is 5.88 Å². The SMILES string of the molecule is COc1ncnc2c1ccn2[C@H]1C[C@H](OC(C)(C)O)[C@@H](CCc2ccc3cc(Cl)c(N)nc3c2)O1. The Kier molecular flexibility index (Phi) is 6.27. The number of halogens is 1. The van der Waals surface area contributed by atoms with E-state index in [4.69, 9.17) is 31.5 Å². The van der Waals surface area contributed by atoms with Gasteiger partial charge in [0, 0.05) is 18.0 Å². The molecule has 184 valence electrons. The molecule has 1 aliphatic heterocycles. The smallest absolute Gasteiger partial charge is 0.225 e. The van der Waals surface area contributed by atoms with Crippen molar-refractivity contribution in [2.45, 2.75) is 57.3 Å². The lowest BCUT2D eigenvalue weighted by Crippen LogP contribution is -2.35. The van der Waals surface area contributed by atoms with Gasteiger partial charge in [-0.1, -0.05) is 23.7 Å². The van der Waals surface area contributed by atoms with Crippen LogP contribution in [0.1, 0.15) is 38.5 Å². The maximum atomic E-state index is 10.4. The highest BCUT2D eigenvalue weighted by molar-refractivity contribution is 6.33. The van der Waals surface area contributed by atoms with E-state index in [1.165, 1.54) is 6.33 Å². The molecule has 5 rings (SSSR count). The van der Waals surface area contributed by atoms with Gasteiger partial charge in [0.15, 0.2) is 5.79 Å². The third-order valence-corrected chi connectivity index (χ3v) is 6.48. The summed E-state index contributed by atoms with van der Waals surface area (Å²) in [5.41, 5.74) is 8.51. The molecule has 4 heterocycles. The van der Waals surface area contributed by atoms with Crippen LogP contribution in [-0.2, 0) is 15.9 Å². The number of hydrogen-bond donors (Lipinski definition) is 2. The molecule has 0 bridgehead atoms. The van der Waals surface area contributed by atoms with Gasteiger partial charge in [-0.3, -0.25) is 0 Å². The van der Waals surface area contributed by atoms with E-state index in [2.05, 4.69) is 21.0 Å². The standard InChI is InChI=1S/C25H28ClN5O4/c1-25(2,32)35-20-12-21(31-9-8-16-23(31)28-13-29-24(16)33-3)34-19(20)7-5-14-4-6-15-11-17(26)22(27)30-18(15)10-14/h4,6,8-11,13,19-21,32H,5,7,12H2,1-3H3,(H2,27,30)/t19-,20+,21-/m1/s1. The number of aryl methyl sites for hydroxylation is 1. The highest BCUT2D eigenvalue weighted by Crippen LogP contribution is 2.37. The number of ether oxygens (including phenoxy) is 3. The molecule has 35 heavy (non-hydrogen) atoms. The predicted octanol–water partition coefficient (Wildman–Crippen LogP) is 4.26. The van der Waals surface area contributed by atoms with Crippen LogP contribution in [0.4, 0.5) is 5.82 Å². The number of fused-ring (bicyclic) bond motifs is 2. The van der Waals surface area contributed by atoms with Crippen molar-refractivity contribution in [2.24, 2.45) is 0 Å². The molecule has 3 N–H and O–H groups in total. The van der Waals surface area contributed by atoms with Gasteiger partial charge in [-0.15, -0.1) is 0 Å². The zero-order valence-corrected chi connectivity index (χ0v) is 20.6. The summed E-state index contributed by atoms with van der Waals surface area (Å²) in [6, 6.07) is 9.79. The average Bonchev–Trinajstić information content (AvgIpc) is 3.41. The van der Waals surface area contributed by atoms with Crippen LogP contribution < -0.4 is 10.5 Å². The molecular weight excluding hydrogens is 470 g/mol. The Morgan fingerprint density at radius 1 is 1.26 bits per heavy atom. The first-order chi connectivity index (χ1) is 16.7. The van der Waals surface area contributed by atoms with Crippen molar-refractivity contribution in [3.05, 3.63) is 53.4 Å². The second-order valence-corrected chi connectivity index (χ2v) is 9.64. The maximum Gasteiger partial charge on any atom is 0.225 e. The van der Waals surface area contributed by atoms with Crippen LogP contribution in [0.3, 0.4) is 0 Å². The van der Waals surface area contributed by atoms with Crippen molar-refractivity contribution < 1.29 is 19.3 Å². The van der Waals surface area contributed by atoms with E-state index in [0.717, 1.165) is 33.9 Å². The van der Waals surface area contributed by atoms with Crippen LogP contribution in [0.2, 0.25) is 5.02 Å². The van der Waals surface area contributed by atoms with Gasteiger partial charge in [0.25, 0.3) is 0 Å². The summed E-state index contributed by atoms with van der Waals surface area (Å²) in [4.78, 5) is 13.0. The molecule has 0 radical (unpaired) electrons. The lowest BCUT2D eigenvalue weighted by atomic mass is 10.0. The molecule has 4 aromatic rings. The summed E-state index contributed by atoms with van der Waals surface area (Å²) in [6.45, 7) is 3.26. The molecule has 0 aliphatic carbocycles. The Labute approximate surface area is 207 Å². The minimum absolute atomic E-state index is 0.230. The van der Waals surface area contributed by atoms with Gasteiger partial charge in [0.2, 0.25) is 5.88 Å². The van der Waals surface area contributed by atoms with Crippen LogP contribution in [-0.4, -0.2) is 49.7 Å². The molecule has 9 nitrogen and oxygen atoms in total. The van der Waals surface area contributed by atoms with Crippen LogP contribution in [0, 0.1) is 0 Å². The fourth-order valence-corrected chi connectivity index (χ4v) is 4.79. The zero-order valence-electron chi connectivity index (χ0n) is 19.8. The number of rotatable bonds is 7. The van der Waals surface area contributed by atoms with Gasteiger partial charge in [0.05, 0.1) is 35.2 Å². The molecule has 0 spiro atoms. The highest BCUT2D eigenvalue weighted by atomic mass is 35.5. The molecule has 1 fully saturated rings. The fourth-order valence-electron chi connectivity index (χ4n) is 4.63. The summed E-state index contributed by atoms with van der Waals surface area (Å²) in [7, 11) is 1.58. The molecule has 1 aliphatic rings. The largest absolute Gasteiger partial charge is 0.480 e. The van der Waals surface area contributed by atoms with E-state index in [0.29, 0.717) is 29.6 Å². The number of hydrogen-bond acceptors (Lipinski definition) is 8. The average molecular weight is 498 g/mol. The van der Waals surface area contributed by atoms with E-state index in [1.54, 1.807) is 21.0 Å². The van der Waals surface area contributed by atoms with Crippen LogP contribution >= 0.6 is 11.6 Å². The van der Waals surface area contributed by atoms with Crippen LogP contribution in [0.25, 0.3) is 21.9 Å². The Balaban J connectivity index is 1.37. The maximum absolute atomic E-state index is 10.4. The molecule has 1 saturated heterocycles. The summed E-state index contributed by atoms with van der Waals surface area (Å²) < 4.78 is 19.8. The quantitative estimate of drug-likeness (QED) is 0.364. The second kappa shape index (κ2) is 9.23. The van der Waals surface area contributed by atoms with Gasteiger partial charge >= 0.3 is 0 Å². The summed E-state index contributed by atoms with van der Waals surface area (Å²) in [5, 5.41) is 12.5. The number of methoxy groups -OCH3 is 1. The Morgan fingerprint density at radius 2 is 2.09 bits per heavy atom. The normalized spacial score (nSPS) is 20.7. The van der Waals surface area contributed by atoms with Gasteiger partial charge < -0.3 is 29.6 Å². The first kappa shape index (κ1) is 23.7. The summed E-state index contributed by atoms with van der Waals surface area (Å²) in [5.74, 6) is -0.453. The second-order valence-electron chi connectivity index (χ2n) is 9.23. The molecule has 3 atom stereocenters. The van der Waals surface area contributed by atoms with Crippen molar-refractivity contribution in [1.29, 1.82) is 0 Å². The number of nitrogens with two attached hydrogens (primary N) is 1. The Hall–Kier alpha value is -2.98. The van der Waals surface area contributed by atoms with Gasteiger partial charge in [-0.25, -0.2) is 15.0 Å². The number of nitrogen functional groups attached to an aromatic ring is 1. The molecule has 0 unspecified atom stereocenters. The molecule has 10 heteroatoms. The molecule has 3 aromatic heterocycles. The van der Waals surface area contributed by atoms with E-state index >= 15 is 0 Å². The molecular formula is C25H28ClN5O4. The third-order valence-electron chi connectivity index (χ3n) is 6.18. The third kappa shape index (κ3) is 4.90. The van der Waals surface area contributed by atoms with Crippen molar-refractivity contribution in [3.63, 3.8) is 0 Å². The van der Waals surface area contributed by atoms with E-state index in [-0.39, 0.29) is 18.4 Å². The van der Waals surface area contributed by atoms with Crippen LogP contribution in [0.15, 0.2) is 42.9 Å². The van der Waals surface area contributed by atoms with E-state index < -0.39 is 5.79 Å². The topological polar surface area (TPSA) is 118 Å². The van der Waals surface area contributed by atoms with Gasteiger partial charge in [0.1, 0.15) is 24.0 Å². The number of benzene rings is 1. The summed E-state index contributed by atoms with van der Waals surface area (Å²) in [6.07, 6.45) is 4.57. The van der Waals surface area contributed by atoms with Gasteiger partial charge in [-0.2, -0.15) is 0 Å². The number of nitrogens with zero attached hydrogens (tertiary/aromatic N) is 4. The molecule has 0 saturated carbocycles. The van der Waals surface area contributed by atoms with E-state index in [1.807, 2.05) is 35.0 Å². The lowest BCUT2D eigenvalue weighted by Gasteiger charge is -2.26. The molecule has 1 aromatic carbocycles. The Bertz CT molecular complexity index is 1370. The van der Waals surface area contributed by atoms with Crippen molar-refractivity contribution in [1.82, 2.24) is 19.5 Å². The number of aliphatic hydroxyl groups is 1. The number of pyridine rings is 1. The highest BCUT2D eigenvalue weighted by Gasteiger charge is 2.39. The Morgan fingerprint density at radius 3 is 2.86 bits per heavy atom. The monoisotopic (exact) mass is 497 g/mol. The van der Waals surface area contributed by atoms with Crippen LogP contribution in [0.5, 0.6) is 5.88 Å². The minimum atomic E-state index is -1.28. The minimum Gasteiger partial charge on any atom is -0.480 e. The predicted molar refractivity (Wildman–Crippen MR) is 133 cm³/mol. The van der Waals surface area contributed by atoms with E-state index in [9.17, 15) is 5.11 Å². The van der Waals surface area contributed by atoms with Crippen molar-refractivity contribution >= 4 is 39.4 Å². The number of aromatic nitrogens is 4. The number of anilines is 1. The first-order valence-corrected chi connectivity index (χ1v) is 11.9. The lowest BCUT2D eigenvalue weighted by molar-refractivity contribution is -0.214. The summed E-state index contributed by atoms with van der Waals surface area (Å²) >= 11 is 6.10. The zero-order chi connectivity index (χ0) is 24.7.